The van der Waals surface area contributed by atoms with Crippen LogP contribution in [0.4, 0.5) is 8.78 Å². The molecular weight excluding hydrogens is 240 g/mol. The van der Waals surface area contributed by atoms with Gasteiger partial charge in [-0.15, -0.1) is 8.78 Å². The van der Waals surface area contributed by atoms with E-state index in [4.69, 9.17) is 0 Å². The van der Waals surface area contributed by atoms with Gasteiger partial charge in [-0.2, -0.15) is 0 Å². The van der Waals surface area contributed by atoms with Gasteiger partial charge in [-0.05, 0) is 38.1 Å². The Morgan fingerprint density at radius 1 is 0.944 bits per heavy atom. The van der Waals surface area contributed by atoms with Gasteiger partial charge in [0.1, 0.15) is 0 Å². The van der Waals surface area contributed by atoms with Gasteiger partial charge in [0.25, 0.3) is 0 Å². The molecule has 3 nitrogen and oxygen atoms in total. The lowest BCUT2D eigenvalue weighted by molar-refractivity contribution is -0.286. The zero-order chi connectivity index (χ0) is 12.9. The topological polar surface area (TPSA) is 23.4 Å². The molecule has 0 fully saturated rings. The smallest absolute Gasteiger partial charge is 0.395 e. The average Bonchev–Trinajstić information content (AvgIpc) is 2.76. The van der Waals surface area contributed by atoms with Gasteiger partial charge in [0.15, 0.2) is 11.5 Å². The first-order valence-corrected chi connectivity index (χ1v) is 5.51. The van der Waals surface area contributed by atoms with E-state index in [1.54, 1.807) is 12.1 Å². The van der Waals surface area contributed by atoms with Crippen molar-refractivity contribution in [1.29, 1.82) is 0 Å². The molecule has 0 saturated heterocycles. The molecular formula is C13H11F2NO2. The van der Waals surface area contributed by atoms with Gasteiger partial charge >= 0.3 is 6.29 Å². The number of hydrogen-bond acceptors (Lipinski definition) is 2. The van der Waals surface area contributed by atoms with Crippen molar-refractivity contribution in [2.75, 3.05) is 0 Å². The van der Waals surface area contributed by atoms with Gasteiger partial charge in [-0.25, -0.2) is 0 Å². The van der Waals surface area contributed by atoms with Crippen molar-refractivity contribution >= 4 is 0 Å². The number of nitrogens with zero attached hydrogens (tertiary/aromatic N) is 1. The van der Waals surface area contributed by atoms with E-state index < -0.39 is 6.29 Å². The second-order valence-corrected chi connectivity index (χ2v) is 4.25. The highest BCUT2D eigenvalue weighted by molar-refractivity contribution is 5.51. The summed E-state index contributed by atoms with van der Waals surface area (Å²) in [5, 5.41) is 0. The lowest BCUT2D eigenvalue weighted by atomic mass is 10.2. The minimum absolute atomic E-state index is 0.0602. The van der Waals surface area contributed by atoms with Gasteiger partial charge in [-0.1, -0.05) is 0 Å². The van der Waals surface area contributed by atoms with Gasteiger partial charge < -0.3 is 14.0 Å². The number of alkyl halides is 2. The summed E-state index contributed by atoms with van der Waals surface area (Å²) in [7, 11) is 0. The predicted octanol–water partition coefficient (Wildman–Crippen LogP) is 3.42. The zero-order valence-electron chi connectivity index (χ0n) is 9.91. The molecule has 0 spiro atoms. The largest absolute Gasteiger partial charge is 0.586 e. The van der Waals surface area contributed by atoms with Crippen molar-refractivity contribution in [3.8, 4) is 17.2 Å². The van der Waals surface area contributed by atoms with Crippen LogP contribution in [0, 0.1) is 13.8 Å². The maximum absolute atomic E-state index is 12.9. The third-order valence-electron chi connectivity index (χ3n) is 2.91. The van der Waals surface area contributed by atoms with E-state index >= 15 is 0 Å². The van der Waals surface area contributed by atoms with E-state index in [1.807, 2.05) is 30.5 Å². The summed E-state index contributed by atoms with van der Waals surface area (Å²) in [5.41, 5.74) is 2.83. The number of benzene rings is 1. The fourth-order valence-corrected chi connectivity index (χ4v) is 2.15. The maximum atomic E-state index is 12.9. The van der Waals surface area contributed by atoms with E-state index in [2.05, 4.69) is 9.47 Å². The Balaban J connectivity index is 2.08. The van der Waals surface area contributed by atoms with Crippen molar-refractivity contribution in [1.82, 2.24) is 4.57 Å². The first kappa shape index (κ1) is 11.1. The third-order valence-corrected chi connectivity index (χ3v) is 2.91. The van der Waals surface area contributed by atoms with Crippen molar-refractivity contribution in [2.24, 2.45) is 0 Å². The Hall–Kier alpha value is -2.04. The monoisotopic (exact) mass is 251 g/mol. The summed E-state index contributed by atoms with van der Waals surface area (Å²) >= 11 is 0. The van der Waals surface area contributed by atoms with Crippen LogP contribution in [0.3, 0.4) is 0 Å². The van der Waals surface area contributed by atoms with Crippen molar-refractivity contribution in [2.45, 2.75) is 20.1 Å². The molecule has 1 aromatic heterocycles. The quantitative estimate of drug-likeness (QED) is 0.775. The van der Waals surface area contributed by atoms with Gasteiger partial charge in [0.2, 0.25) is 0 Å². The molecule has 1 aromatic carbocycles. The normalized spacial score (nSPS) is 16.0. The third kappa shape index (κ3) is 1.63. The molecule has 1 aliphatic heterocycles. The van der Waals surface area contributed by atoms with Crippen molar-refractivity contribution < 1.29 is 18.3 Å². The summed E-state index contributed by atoms with van der Waals surface area (Å²) in [6.07, 6.45) is -3.57. The van der Waals surface area contributed by atoms with Crippen molar-refractivity contribution in [3.63, 3.8) is 0 Å². The lowest BCUT2D eigenvalue weighted by Crippen LogP contribution is -2.25. The van der Waals surface area contributed by atoms with Crippen LogP contribution < -0.4 is 9.47 Å². The first-order valence-electron chi connectivity index (χ1n) is 5.51. The van der Waals surface area contributed by atoms with E-state index in [0.717, 1.165) is 17.1 Å². The molecule has 18 heavy (non-hydrogen) atoms. The van der Waals surface area contributed by atoms with Crippen LogP contribution in [-0.2, 0) is 0 Å². The SMILES string of the molecule is Cc1ccc(C)n1-c1ccc2c(c1)OC(F)(F)O2. The number of rotatable bonds is 1. The number of hydrogen-bond donors (Lipinski definition) is 0. The summed E-state index contributed by atoms with van der Waals surface area (Å²) in [6, 6.07) is 8.70. The number of fused-ring (bicyclic) bond motifs is 1. The lowest BCUT2D eigenvalue weighted by Gasteiger charge is -2.09. The van der Waals surface area contributed by atoms with Crippen LogP contribution in [0.25, 0.3) is 5.69 Å². The number of aromatic nitrogens is 1. The first-order chi connectivity index (χ1) is 8.46. The number of halogens is 2. The van der Waals surface area contributed by atoms with Crippen LogP contribution in [0.5, 0.6) is 11.5 Å². The highest BCUT2D eigenvalue weighted by Crippen LogP contribution is 2.42. The standard InChI is InChI=1S/C13H11F2NO2/c1-8-3-4-9(2)16(8)10-5-6-11-12(7-10)18-13(14,15)17-11/h3-7H,1-2H3. The molecule has 0 saturated carbocycles. The van der Waals surface area contributed by atoms with Gasteiger partial charge in [0.05, 0.1) is 0 Å². The number of aryl methyl sites for hydroxylation is 2. The summed E-state index contributed by atoms with van der Waals surface area (Å²) < 4.78 is 36.6. The van der Waals surface area contributed by atoms with Crippen molar-refractivity contribution in [3.05, 3.63) is 41.7 Å². The highest BCUT2D eigenvalue weighted by Gasteiger charge is 2.43. The minimum atomic E-state index is -3.57. The molecule has 3 rings (SSSR count). The number of ether oxygens (including phenoxy) is 2. The second kappa shape index (κ2) is 3.48. The molecule has 0 unspecified atom stereocenters. The van der Waals surface area contributed by atoms with Gasteiger partial charge in [-0.3, -0.25) is 0 Å². The Morgan fingerprint density at radius 2 is 1.56 bits per heavy atom. The van der Waals surface area contributed by atoms with Crippen LogP contribution in [0.2, 0.25) is 0 Å². The van der Waals surface area contributed by atoms with Crippen LogP contribution in [0.1, 0.15) is 11.4 Å². The molecule has 5 heteroatoms. The minimum Gasteiger partial charge on any atom is -0.395 e. The Labute approximate surface area is 103 Å². The molecule has 0 atom stereocenters. The molecule has 2 aromatic rings. The van der Waals surface area contributed by atoms with Crippen LogP contribution in [-0.4, -0.2) is 10.9 Å². The van der Waals surface area contributed by atoms with E-state index in [9.17, 15) is 8.78 Å². The molecule has 0 amide bonds. The van der Waals surface area contributed by atoms with Crippen LogP contribution in [0.15, 0.2) is 30.3 Å². The summed E-state index contributed by atoms with van der Waals surface area (Å²) in [6.45, 7) is 3.90. The molecule has 1 aliphatic rings. The molecule has 0 radical (unpaired) electrons. The average molecular weight is 251 g/mol. The van der Waals surface area contributed by atoms with E-state index in [-0.39, 0.29) is 11.5 Å². The fourth-order valence-electron chi connectivity index (χ4n) is 2.15. The Morgan fingerprint density at radius 3 is 2.22 bits per heavy atom. The zero-order valence-corrected chi connectivity index (χ0v) is 9.91. The Kier molecular flexibility index (Phi) is 2.14. The Bertz CT molecular complexity index is 600. The highest BCUT2D eigenvalue weighted by atomic mass is 19.3. The van der Waals surface area contributed by atoms with Crippen LogP contribution >= 0.6 is 0 Å². The van der Waals surface area contributed by atoms with E-state index in [0.29, 0.717) is 0 Å². The molecule has 94 valence electrons. The van der Waals surface area contributed by atoms with E-state index in [1.165, 1.54) is 6.07 Å². The molecule has 0 bridgehead atoms. The maximum Gasteiger partial charge on any atom is 0.586 e. The van der Waals surface area contributed by atoms with Gasteiger partial charge in [0, 0.05) is 23.1 Å². The second-order valence-electron chi connectivity index (χ2n) is 4.25. The molecule has 2 heterocycles. The summed E-state index contributed by atoms with van der Waals surface area (Å²) in [4.78, 5) is 0. The molecule has 0 N–H and O–H groups in total. The predicted molar refractivity (Wildman–Crippen MR) is 61.4 cm³/mol. The molecule has 0 aliphatic carbocycles. The summed E-state index contributed by atoms with van der Waals surface area (Å²) in [5.74, 6) is 0.121. The fraction of sp³-hybridized carbons (Fsp3) is 0.231.